The molecular formula is C73H44N2. The Morgan fingerprint density at radius 3 is 0.707 bits per heavy atom. The van der Waals surface area contributed by atoms with Gasteiger partial charge >= 0.3 is 0 Å². The van der Waals surface area contributed by atoms with Gasteiger partial charge in [-0.05, 0) is 158 Å². The fraction of sp³-hybridized carbons (Fsp3) is 0.0411. The maximum atomic E-state index is 5.21. The molecule has 75 heavy (non-hydrogen) atoms. The lowest BCUT2D eigenvalue weighted by Crippen LogP contribution is -2.29. The number of nitrogens with zero attached hydrogens (tertiary/aromatic N) is 2. The first kappa shape index (κ1) is 41.0. The van der Waals surface area contributed by atoms with Gasteiger partial charge in [0.1, 0.15) is 0 Å². The van der Waals surface area contributed by atoms with E-state index in [0.29, 0.717) is 0 Å². The first-order chi connectivity index (χ1) is 37.2. The molecule has 346 valence electrons. The average Bonchev–Trinajstić information content (AvgIpc) is 4.43. The third-order valence-corrected chi connectivity index (χ3v) is 18.0. The summed E-state index contributed by atoms with van der Waals surface area (Å²) in [6.45, 7) is 0. The van der Waals surface area contributed by atoms with Crippen molar-refractivity contribution in [2.75, 3.05) is 0 Å². The van der Waals surface area contributed by atoms with Crippen LogP contribution >= 0.6 is 0 Å². The number of hydrogen-bond acceptors (Lipinski definition) is 2. The molecule has 0 unspecified atom stereocenters. The Kier molecular flexibility index (Phi) is 8.10. The van der Waals surface area contributed by atoms with Crippen molar-refractivity contribution >= 4 is 0 Å². The molecule has 0 bridgehead atoms. The van der Waals surface area contributed by atoms with Crippen molar-refractivity contribution in [3.8, 4) is 77.9 Å². The summed E-state index contributed by atoms with van der Waals surface area (Å²) in [5, 5.41) is 0. The molecule has 0 amide bonds. The van der Waals surface area contributed by atoms with Gasteiger partial charge in [0.25, 0.3) is 0 Å². The van der Waals surface area contributed by atoms with Crippen LogP contribution < -0.4 is 0 Å². The predicted octanol–water partition coefficient (Wildman–Crippen LogP) is 16.9. The molecule has 2 spiro atoms. The van der Waals surface area contributed by atoms with Gasteiger partial charge in [-0.1, -0.05) is 218 Å². The molecule has 0 fully saturated rings. The first-order valence-electron chi connectivity index (χ1n) is 26.2. The number of rotatable bonds is 4. The minimum Gasteiger partial charge on any atom is -0.264 e. The van der Waals surface area contributed by atoms with Gasteiger partial charge in [0.2, 0.25) is 0 Å². The van der Waals surface area contributed by atoms with Crippen LogP contribution in [0.1, 0.15) is 66.8 Å². The Bertz CT molecular complexity index is 4050. The van der Waals surface area contributed by atoms with Gasteiger partial charge in [0.15, 0.2) is 0 Å². The van der Waals surface area contributed by atoms with Crippen LogP contribution in [0.4, 0.5) is 0 Å². The second-order valence-electron chi connectivity index (χ2n) is 21.1. The topological polar surface area (TPSA) is 25.8 Å². The lowest BCUT2D eigenvalue weighted by atomic mass is 9.67. The summed E-state index contributed by atoms with van der Waals surface area (Å²) in [7, 11) is 0. The summed E-state index contributed by atoms with van der Waals surface area (Å²) < 4.78 is 0. The molecule has 0 radical (unpaired) electrons. The summed E-state index contributed by atoms with van der Waals surface area (Å²) in [4.78, 5) is 10.4. The van der Waals surface area contributed by atoms with Crippen LogP contribution in [0, 0.1) is 0 Å². The van der Waals surface area contributed by atoms with Crippen LogP contribution in [-0.4, -0.2) is 9.97 Å². The quantitative estimate of drug-likeness (QED) is 0.176. The van der Waals surface area contributed by atoms with Crippen molar-refractivity contribution in [2.45, 2.75) is 16.2 Å². The number of pyridine rings is 2. The van der Waals surface area contributed by atoms with Crippen LogP contribution in [0.15, 0.2) is 267 Å². The van der Waals surface area contributed by atoms with Crippen molar-refractivity contribution < 1.29 is 0 Å². The maximum absolute atomic E-state index is 5.21. The fourth-order valence-electron chi connectivity index (χ4n) is 15.2. The number of hydrogen-bond donors (Lipinski definition) is 0. The normalized spacial score (nSPS) is 15.0. The van der Waals surface area contributed by atoms with Crippen molar-refractivity contribution in [1.29, 1.82) is 0 Å². The molecule has 2 heteroatoms. The highest BCUT2D eigenvalue weighted by Gasteiger charge is 2.54. The summed E-state index contributed by atoms with van der Waals surface area (Å²) in [5.74, 6) is 0. The van der Waals surface area contributed by atoms with Gasteiger partial charge in [0.05, 0.1) is 16.2 Å². The molecule has 0 aliphatic heterocycles. The van der Waals surface area contributed by atoms with E-state index in [1.54, 1.807) is 0 Å². The Hall–Kier alpha value is -9.50. The van der Waals surface area contributed by atoms with E-state index in [1.165, 1.54) is 111 Å². The number of aromatic nitrogens is 2. The maximum Gasteiger partial charge on any atom is 0.0743 e. The van der Waals surface area contributed by atoms with Crippen molar-refractivity contribution in [2.24, 2.45) is 0 Å². The van der Waals surface area contributed by atoms with E-state index in [4.69, 9.17) is 9.97 Å². The zero-order valence-electron chi connectivity index (χ0n) is 40.8. The summed E-state index contributed by atoms with van der Waals surface area (Å²) in [5.41, 5.74) is 31.0. The Morgan fingerprint density at radius 1 is 0.187 bits per heavy atom. The van der Waals surface area contributed by atoms with E-state index >= 15 is 0 Å². The summed E-state index contributed by atoms with van der Waals surface area (Å²) >= 11 is 0. The number of benzene rings is 10. The smallest absolute Gasteiger partial charge is 0.0743 e. The molecule has 5 aliphatic rings. The number of fused-ring (bicyclic) bond motifs is 23. The largest absolute Gasteiger partial charge is 0.264 e. The van der Waals surface area contributed by atoms with E-state index in [-0.39, 0.29) is 0 Å². The van der Waals surface area contributed by atoms with Gasteiger partial charge in [0, 0.05) is 35.9 Å². The lowest BCUT2D eigenvalue weighted by molar-refractivity contribution is 0.758. The highest BCUT2D eigenvalue weighted by Crippen LogP contribution is 2.65. The molecule has 0 N–H and O–H groups in total. The molecule has 0 saturated heterocycles. The molecule has 12 aromatic rings. The van der Waals surface area contributed by atoms with Crippen LogP contribution in [0.25, 0.3) is 77.9 Å². The molecule has 10 aromatic carbocycles. The minimum atomic E-state index is -0.728. The average molecular weight is 949 g/mol. The van der Waals surface area contributed by atoms with Gasteiger partial charge in [-0.3, -0.25) is 9.97 Å². The van der Waals surface area contributed by atoms with Crippen LogP contribution in [0.3, 0.4) is 0 Å². The van der Waals surface area contributed by atoms with Gasteiger partial charge in [-0.25, -0.2) is 0 Å². The van der Waals surface area contributed by atoms with Crippen molar-refractivity contribution in [3.63, 3.8) is 0 Å². The van der Waals surface area contributed by atoms with Crippen LogP contribution in [-0.2, 0) is 16.2 Å². The summed E-state index contributed by atoms with van der Waals surface area (Å²) in [6, 6.07) is 91.3. The second-order valence-corrected chi connectivity index (χ2v) is 21.1. The van der Waals surface area contributed by atoms with Crippen molar-refractivity contribution in [3.05, 3.63) is 334 Å². The summed E-state index contributed by atoms with van der Waals surface area (Å²) in [6.07, 6.45) is 8.33. The molecule has 17 rings (SSSR count). The van der Waals surface area contributed by atoms with E-state index in [2.05, 4.69) is 267 Å². The molecule has 2 heterocycles. The van der Waals surface area contributed by atoms with E-state index in [9.17, 15) is 0 Å². The van der Waals surface area contributed by atoms with Crippen molar-refractivity contribution in [1.82, 2.24) is 9.97 Å². The molecular weight excluding hydrogens is 905 g/mol. The first-order valence-corrected chi connectivity index (χ1v) is 26.2. The van der Waals surface area contributed by atoms with Gasteiger partial charge in [-0.15, -0.1) is 0 Å². The SMILES string of the molecule is c1ccc2c(c1)-c1ccccc1C2(c1cncc(-c2ccc3c(c2)C2(c4ccccc4-c4ccccc42)c2ccccc2-3)c1)c1cncc(-c2ccc3c(c2)C2(c4ccccc4-c4ccccc42)c2ccccc2-3)c1. The molecule has 0 atom stereocenters. The van der Waals surface area contributed by atoms with E-state index < -0.39 is 16.2 Å². The van der Waals surface area contributed by atoms with Crippen LogP contribution in [0.5, 0.6) is 0 Å². The minimum absolute atomic E-state index is 0.443. The third kappa shape index (κ3) is 5.00. The van der Waals surface area contributed by atoms with Gasteiger partial charge < -0.3 is 0 Å². The Balaban J connectivity index is 0.865. The zero-order valence-corrected chi connectivity index (χ0v) is 40.8. The highest BCUT2D eigenvalue weighted by molar-refractivity contribution is 5.98. The molecule has 2 nitrogen and oxygen atoms in total. The Labute approximate surface area is 436 Å². The zero-order chi connectivity index (χ0) is 49.0. The van der Waals surface area contributed by atoms with Crippen LogP contribution in [0.2, 0.25) is 0 Å². The standard InChI is InChI=1S/C73H44N2/c1-9-25-61-51(17-1)52-18-2-10-26-62(52)71(61,49-37-47(41-74-43-49)45-33-35-59-57-23-7-15-31-67(57)72(69(59)39-45)63-27-11-3-19-53(63)54-20-4-12-28-64(54)72)50-38-48(42-75-44-50)46-34-36-60-58-24-8-16-32-68(58)73(70(60)40-46)65-29-13-5-21-55(65)56-22-6-14-30-66(56)73/h1-44H. The predicted molar refractivity (Wildman–Crippen MR) is 303 cm³/mol. The lowest BCUT2D eigenvalue weighted by Gasteiger charge is -2.34. The Morgan fingerprint density at radius 2 is 0.427 bits per heavy atom. The third-order valence-electron chi connectivity index (χ3n) is 18.0. The van der Waals surface area contributed by atoms with E-state index in [0.717, 1.165) is 33.4 Å². The van der Waals surface area contributed by atoms with E-state index in [1.807, 2.05) is 0 Å². The van der Waals surface area contributed by atoms with Gasteiger partial charge in [-0.2, -0.15) is 0 Å². The highest BCUT2D eigenvalue weighted by atomic mass is 14.7. The molecule has 0 saturated carbocycles. The molecule has 5 aliphatic carbocycles. The molecule has 2 aromatic heterocycles. The monoisotopic (exact) mass is 948 g/mol. The fourth-order valence-corrected chi connectivity index (χ4v) is 15.2. The second kappa shape index (κ2) is 14.8.